The fourth-order valence-corrected chi connectivity index (χ4v) is 1.87. The molecule has 0 atom stereocenters. The minimum atomic E-state index is 0.994. The highest BCUT2D eigenvalue weighted by Gasteiger charge is 2.09. The number of imidazole rings is 1. The van der Waals surface area contributed by atoms with Gasteiger partial charge in [-0.2, -0.15) is 0 Å². The summed E-state index contributed by atoms with van der Waals surface area (Å²) < 4.78 is 1.94. The second-order valence-corrected chi connectivity index (χ2v) is 3.60. The molecule has 1 N–H and O–H groups in total. The van der Waals surface area contributed by atoms with Gasteiger partial charge in [0.2, 0.25) is 0 Å². The van der Waals surface area contributed by atoms with Gasteiger partial charge >= 0.3 is 0 Å². The number of nitrogens with one attached hydrogen (secondary N) is 1. The smallest absolute Gasteiger partial charge is 0.156 e. The molecule has 3 heteroatoms. The van der Waals surface area contributed by atoms with Crippen LogP contribution in [0.3, 0.4) is 0 Å². The predicted octanol–water partition coefficient (Wildman–Crippen LogP) is 2.64. The second-order valence-electron chi connectivity index (χ2n) is 3.60. The van der Waals surface area contributed by atoms with Crippen molar-refractivity contribution < 1.29 is 0 Å². The van der Waals surface area contributed by atoms with Crippen molar-refractivity contribution >= 4 is 5.65 Å². The Morgan fingerprint density at radius 1 is 1.20 bits per heavy atom. The zero-order valence-electron chi connectivity index (χ0n) is 8.44. The number of fused-ring (bicyclic) bond motifs is 1. The number of rotatable bonds is 1. The van der Waals surface area contributed by atoms with Gasteiger partial charge in [-0.1, -0.05) is 30.3 Å². The zero-order valence-corrected chi connectivity index (χ0v) is 8.44. The molecular formula is C12H11N3. The molecule has 0 aliphatic rings. The molecule has 0 amide bonds. The standard InChI is InChI=1S/C12H11N3/c1-9-11(10-5-3-2-4-6-10)14-15-8-7-13-12(9)15/h2-8,14H,1H3. The van der Waals surface area contributed by atoms with Crippen molar-refractivity contribution in [1.82, 2.24) is 14.6 Å². The Kier molecular flexibility index (Phi) is 1.65. The Balaban J connectivity index is 2.27. The molecule has 0 saturated carbocycles. The average Bonchev–Trinajstić information content (AvgIpc) is 2.83. The van der Waals surface area contributed by atoms with Crippen LogP contribution in [0.1, 0.15) is 5.56 Å². The molecule has 0 bridgehead atoms. The number of aromatic nitrogens is 3. The van der Waals surface area contributed by atoms with Crippen molar-refractivity contribution in [3.63, 3.8) is 0 Å². The van der Waals surface area contributed by atoms with E-state index in [-0.39, 0.29) is 0 Å². The number of nitrogens with zero attached hydrogens (tertiary/aromatic N) is 2. The van der Waals surface area contributed by atoms with E-state index >= 15 is 0 Å². The van der Waals surface area contributed by atoms with Crippen molar-refractivity contribution in [1.29, 1.82) is 0 Å². The molecule has 2 aromatic heterocycles. The maximum Gasteiger partial charge on any atom is 0.156 e. The van der Waals surface area contributed by atoms with E-state index in [1.165, 1.54) is 11.1 Å². The second kappa shape index (κ2) is 2.98. The van der Waals surface area contributed by atoms with E-state index in [0.29, 0.717) is 0 Å². The first-order valence-electron chi connectivity index (χ1n) is 4.93. The maximum absolute atomic E-state index is 4.30. The predicted molar refractivity (Wildman–Crippen MR) is 59.7 cm³/mol. The number of aryl methyl sites for hydroxylation is 1. The lowest BCUT2D eigenvalue weighted by Gasteiger charge is -1.97. The minimum absolute atomic E-state index is 0.994. The van der Waals surface area contributed by atoms with Crippen LogP contribution in [0.15, 0.2) is 42.7 Å². The molecule has 0 saturated heterocycles. The first-order chi connectivity index (χ1) is 7.36. The molecule has 74 valence electrons. The highest BCUT2D eigenvalue weighted by atomic mass is 15.3. The van der Waals surface area contributed by atoms with Crippen LogP contribution in [0.25, 0.3) is 16.9 Å². The number of aromatic amines is 1. The number of benzene rings is 1. The number of hydrogen-bond donors (Lipinski definition) is 1. The fraction of sp³-hybridized carbons (Fsp3) is 0.0833. The largest absolute Gasteiger partial charge is 0.292 e. The SMILES string of the molecule is Cc1c(-c2ccccc2)[nH]n2ccnc12. The summed E-state index contributed by atoms with van der Waals surface area (Å²) in [5.74, 6) is 0. The first-order valence-corrected chi connectivity index (χ1v) is 4.93. The topological polar surface area (TPSA) is 33.1 Å². The summed E-state index contributed by atoms with van der Waals surface area (Å²) in [5, 5.41) is 3.31. The quantitative estimate of drug-likeness (QED) is 0.639. The van der Waals surface area contributed by atoms with Crippen LogP contribution in [0.5, 0.6) is 0 Å². The maximum atomic E-state index is 4.30. The monoisotopic (exact) mass is 197 g/mol. The summed E-state index contributed by atoms with van der Waals surface area (Å²) in [5.41, 5.74) is 4.51. The molecule has 2 heterocycles. The van der Waals surface area contributed by atoms with E-state index in [9.17, 15) is 0 Å². The van der Waals surface area contributed by atoms with Gasteiger partial charge in [0, 0.05) is 18.0 Å². The van der Waals surface area contributed by atoms with E-state index in [4.69, 9.17) is 0 Å². The van der Waals surface area contributed by atoms with Crippen molar-refractivity contribution in [2.45, 2.75) is 6.92 Å². The molecule has 0 aliphatic heterocycles. The third-order valence-corrected chi connectivity index (χ3v) is 2.65. The molecule has 1 aromatic carbocycles. The van der Waals surface area contributed by atoms with Gasteiger partial charge < -0.3 is 0 Å². The lowest BCUT2D eigenvalue weighted by Crippen LogP contribution is -1.82. The molecular weight excluding hydrogens is 186 g/mol. The van der Waals surface area contributed by atoms with E-state index in [1.807, 2.05) is 28.9 Å². The van der Waals surface area contributed by atoms with Crippen LogP contribution >= 0.6 is 0 Å². The molecule has 3 nitrogen and oxygen atoms in total. The fourth-order valence-electron chi connectivity index (χ4n) is 1.87. The summed E-state index contributed by atoms with van der Waals surface area (Å²) in [6, 6.07) is 10.3. The van der Waals surface area contributed by atoms with Gasteiger partial charge in [0.25, 0.3) is 0 Å². The van der Waals surface area contributed by atoms with Crippen LogP contribution < -0.4 is 0 Å². The third-order valence-electron chi connectivity index (χ3n) is 2.65. The average molecular weight is 197 g/mol. The molecule has 15 heavy (non-hydrogen) atoms. The van der Waals surface area contributed by atoms with Crippen LogP contribution in [0.2, 0.25) is 0 Å². The third kappa shape index (κ3) is 1.16. The molecule has 3 rings (SSSR count). The Labute approximate surface area is 87.4 Å². The van der Waals surface area contributed by atoms with Crippen LogP contribution in [-0.4, -0.2) is 14.6 Å². The Morgan fingerprint density at radius 2 is 2.00 bits per heavy atom. The summed E-state index contributed by atoms with van der Waals surface area (Å²) in [4.78, 5) is 4.30. The lowest BCUT2D eigenvalue weighted by molar-refractivity contribution is 0.978. The lowest BCUT2D eigenvalue weighted by atomic mass is 10.1. The highest BCUT2D eigenvalue weighted by molar-refractivity contribution is 5.69. The summed E-state index contributed by atoms with van der Waals surface area (Å²) in [6.07, 6.45) is 3.72. The molecule has 0 spiro atoms. The first kappa shape index (κ1) is 8.29. The van der Waals surface area contributed by atoms with Crippen molar-refractivity contribution in [2.75, 3.05) is 0 Å². The molecule has 3 aromatic rings. The van der Waals surface area contributed by atoms with Gasteiger partial charge in [-0.05, 0) is 12.5 Å². The zero-order chi connectivity index (χ0) is 10.3. The van der Waals surface area contributed by atoms with Gasteiger partial charge in [0.1, 0.15) is 0 Å². The Hall–Kier alpha value is -2.03. The minimum Gasteiger partial charge on any atom is -0.292 e. The Morgan fingerprint density at radius 3 is 2.73 bits per heavy atom. The van der Waals surface area contributed by atoms with Crippen LogP contribution in [-0.2, 0) is 0 Å². The van der Waals surface area contributed by atoms with Gasteiger partial charge in [0.15, 0.2) is 5.65 Å². The van der Waals surface area contributed by atoms with Crippen molar-refractivity contribution in [3.8, 4) is 11.3 Å². The normalized spacial score (nSPS) is 11.0. The molecule has 0 unspecified atom stereocenters. The van der Waals surface area contributed by atoms with E-state index < -0.39 is 0 Å². The summed E-state index contributed by atoms with van der Waals surface area (Å²) >= 11 is 0. The van der Waals surface area contributed by atoms with Gasteiger partial charge in [-0.25, -0.2) is 9.50 Å². The number of H-pyrrole nitrogens is 1. The van der Waals surface area contributed by atoms with E-state index in [2.05, 4.69) is 29.1 Å². The van der Waals surface area contributed by atoms with Gasteiger partial charge in [-0.3, -0.25) is 5.10 Å². The summed E-state index contributed by atoms with van der Waals surface area (Å²) in [7, 11) is 0. The van der Waals surface area contributed by atoms with E-state index in [0.717, 1.165) is 11.3 Å². The highest BCUT2D eigenvalue weighted by Crippen LogP contribution is 2.23. The summed E-state index contributed by atoms with van der Waals surface area (Å²) in [6.45, 7) is 2.08. The number of hydrogen-bond acceptors (Lipinski definition) is 1. The molecule has 0 radical (unpaired) electrons. The van der Waals surface area contributed by atoms with Crippen molar-refractivity contribution in [3.05, 3.63) is 48.3 Å². The van der Waals surface area contributed by atoms with Crippen molar-refractivity contribution in [2.24, 2.45) is 0 Å². The van der Waals surface area contributed by atoms with E-state index in [1.54, 1.807) is 6.20 Å². The van der Waals surface area contributed by atoms with Crippen LogP contribution in [0, 0.1) is 6.92 Å². The Bertz CT molecular complexity index is 590. The van der Waals surface area contributed by atoms with Gasteiger partial charge in [-0.15, -0.1) is 0 Å². The van der Waals surface area contributed by atoms with Crippen LogP contribution in [0.4, 0.5) is 0 Å². The molecule has 0 fully saturated rings. The van der Waals surface area contributed by atoms with Gasteiger partial charge in [0.05, 0.1) is 5.69 Å². The molecule has 0 aliphatic carbocycles.